The highest BCUT2D eigenvalue weighted by Gasteiger charge is 2.23. The maximum absolute atomic E-state index is 6.15. The maximum Gasteiger partial charge on any atom is 0.215 e. The highest BCUT2D eigenvalue weighted by atomic mass is 35.5. The predicted molar refractivity (Wildman–Crippen MR) is 104 cm³/mol. The summed E-state index contributed by atoms with van der Waals surface area (Å²) in [5.74, 6) is 0. The van der Waals surface area contributed by atoms with Crippen molar-refractivity contribution in [2.24, 2.45) is 7.05 Å². The number of fused-ring (bicyclic) bond motifs is 2. The molecule has 2 heterocycles. The number of halogens is 1. The van der Waals surface area contributed by atoms with Gasteiger partial charge in [-0.1, -0.05) is 35.5 Å². The van der Waals surface area contributed by atoms with Crippen molar-refractivity contribution in [1.29, 1.82) is 0 Å². The average molecular weight is 354 g/mol. The van der Waals surface area contributed by atoms with Crippen LogP contribution in [0.25, 0.3) is 17.0 Å². The van der Waals surface area contributed by atoms with E-state index in [1.807, 2.05) is 12.1 Å². The Labute approximate surface area is 151 Å². The zero-order valence-electron chi connectivity index (χ0n) is 13.9. The Morgan fingerprint density at radius 3 is 2.83 bits per heavy atom. The van der Waals surface area contributed by atoms with E-state index in [0.717, 1.165) is 5.02 Å². The number of hydrogen-bond donors (Lipinski definition) is 0. The number of nitrogens with zero attached hydrogens (tertiary/aromatic N) is 2. The molecule has 4 heteroatoms. The number of benzene rings is 2. The topological polar surface area (TPSA) is 7.12 Å². The molecule has 0 N–H and O–H groups in total. The molecule has 24 heavy (non-hydrogen) atoms. The van der Waals surface area contributed by atoms with E-state index in [2.05, 4.69) is 73.1 Å². The summed E-state index contributed by atoms with van der Waals surface area (Å²) in [5, 5.41) is 3.26. The number of rotatable bonds is 1. The van der Waals surface area contributed by atoms with Crippen LogP contribution in [0.3, 0.4) is 0 Å². The van der Waals surface area contributed by atoms with Crippen LogP contribution in [0.15, 0.2) is 58.6 Å². The molecule has 0 unspecified atom stereocenters. The van der Waals surface area contributed by atoms with Gasteiger partial charge in [0.1, 0.15) is 7.05 Å². The fourth-order valence-corrected chi connectivity index (χ4v) is 4.49. The van der Waals surface area contributed by atoms with Gasteiger partial charge in [0, 0.05) is 28.6 Å². The number of pyridine rings is 1. The molecule has 0 aliphatic carbocycles. The van der Waals surface area contributed by atoms with Gasteiger partial charge in [-0.2, -0.15) is 0 Å². The number of anilines is 1. The molecule has 1 aliphatic rings. The molecule has 0 fully saturated rings. The van der Waals surface area contributed by atoms with E-state index in [0.29, 0.717) is 0 Å². The fourth-order valence-electron chi connectivity index (χ4n) is 3.24. The van der Waals surface area contributed by atoms with Crippen LogP contribution < -0.4 is 9.47 Å². The molecular formula is C20H18ClN2S+. The van der Waals surface area contributed by atoms with E-state index in [9.17, 15) is 0 Å². The van der Waals surface area contributed by atoms with Crippen molar-refractivity contribution >= 4 is 46.0 Å². The zero-order valence-corrected chi connectivity index (χ0v) is 15.4. The summed E-state index contributed by atoms with van der Waals surface area (Å²) in [4.78, 5) is 3.45. The third kappa shape index (κ3) is 2.48. The first-order valence-electron chi connectivity index (χ1n) is 7.85. The van der Waals surface area contributed by atoms with Gasteiger partial charge < -0.3 is 4.90 Å². The van der Waals surface area contributed by atoms with Gasteiger partial charge in [0.15, 0.2) is 6.20 Å². The molecule has 0 spiro atoms. The average Bonchev–Trinajstić information content (AvgIpc) is 2.86. The zero-order chi connectivity index (χ0) is 16.8. The van der Waals surface area contributed by atoms with Crippen LogP contribution in [-0.4, -0.2) is 7.05 Å². The largest absolute Gasteiger partial charge is 0.338 e. The Morgan fingerprint density at radius 1 is 1.17 bits per heavy atom. The van der Waals surface area contributed by atoms with Crippen molar-refractivity contribution in [3.05, 3.63) is 69.8 Å². The number of thioether (sulfide) groups is 1. The van der Waals surface area contributed by atoms with Gasteiger partial charge in [-0.3, -0.25) is 0 Å². The van der Waals surface area contributed by atoms with Crippen LogP contribution in [0.1, 0.15) is 11.1 Å². The molecule has 0 atom stereocenters. The highest BCUT2D eigenvalue weighted by molar-refractivity contribution is 8.03. The van der Waals surface area contributed by atoms with Gasteiger partial charge in [-0.05, 0) is 42.8 Å². The molecule has 2 aromatic carbocycles. The molecule has 2 nitrogen and oxygen atoms in total. The Balaban J connectivity index is 1.85. The minimum atomic E-state index is 0.773. The van der Waals surface area contributed by atoms with Crippen molar-refractivity contribution in [2.45, 2.75) is 11.8 Å². The standard InChI is InChI=1S/C20H18ClN2S/c1-13-5-4-6-16-14(9-10-22(2)20(13)16)11-19-23(3)17-12-15(21)7-8-18(17)24-19/h4-12H,1-3H3/q+1. The number of para-hydroxylation sites is 1. The summed E-state index contributed by atoms with van der Waals surface area (Å²) in [7, 11) is 4.19. The second-order valence-electron chi connectivity index (χ2n) is 6.11. The van der Waals surface area contributed by atoms with Crippen LogP contribution in [0.4, 0.5) is 5.69 Å². The summed E-state index contributed by atoms with van der Waals surface area (Å²) in [6.07, 6.45) is 4.39. The maximum atomic E-state index is 6.15. The molecule has 1 aromatic heterocycles. The predicted octanol–water partition coefficient (Wildman–Crippen LogP) is 5.17. The molecular weight excluding hydrogens is 336 g/mol. The van der Waals surface area contributed by atoms with Crippen LogP contribution in [0.2, 0.25) is 5.02 Å². The minimum absolute atomic E-state index is 0.773. The Hall–Kier alpha value is -1.97. The molecule has 0 amide bonds. The Kier molecular flexibility index (Phi) is 3.78. The summed E-state index contributed by atoms with van der Waals surface area (Å²) < 4.78 is 2.19. The first-order chi connectivity index (χ1) is 11.5. The molecule has 120 valence electrons. The van der Waals surface area contributed by atoms with E-state index in [1.54, 1.807) is 11.8 Å². The van der Waals surface area contributed by atoms with Gasteiger partial charge in [-0.15, -0.1) is 0 Å². The normalized spacial score (nSPS) is 15.3. The lowest BCUT2D eigenvalue weighted by Gasteiger charge is -2.14. The first kappa shape index (κ1) is 15.6. The van der Waals surface area contributed by atoms with Crippen molar-refractivity contribution in [1.82, 2.24) is 0 Å². The van der Waals surface area contributed by atoms with Crippen LogP contribution in [0, 0.1) is 6.92 Å². The highest BCUT2D eigenvalue weighted by Crippen LogP contribution is 2.46. The van der Waals surface area contributed by atoms with E-state index >= 15 is 0 Å². The van der Waals surface area contributed by atoms with Crippen molar-refractivity contribution < 1.29 is 4.57 Å². The van der Waals surface area contributed by atoms with Gasteiger partial charge in [-0.25, -0.2) is 4.57 Å². The first-order valence-corrected chi connectivity index (χ1v) is 9.05. The van der Waals surface area contributed by atoms with Crippen LogP contribution in [0.5, 0.6) is 0 Å². The molecule has 0 saturated heterocycles. The fraction of sp³-hybridized carbons (Fsp3) is 0.150. The summed E-state index contributed by atoms with van der Waals surface area (Å²) >= 11 is 7.94. The van der Waals surface area contributed by atoms with Gasteiger partial charge in [0.05, 0.1) is 16.1 Å². The molecule has 0 saturated carbocycles. The molecule has 1 aliphatic heterocycles. The molecule has 0 bridgehead atoms. The van der Waals surface area contributed by atoms with Crippen molar-refractivity contribution in [3.63, 3.8) is 0 Å². The summed E-state index contributed by atoms with van der Waals surface area (Å²) in [6.45, 7) is 2.16. The van der Waals surface area contributed by atoms with E-state index in [-0.39, 0.29) is 0 Å². The number of hydrogen-bond acceptors (Lipinski definition) is 2. The molecule has 4 rings (SSSR count). The van der Waals surface area contributed by atoms with E-state index in [4.69, 9.17) is 11.6 Å². The van der Waals surface area contributed by atoms with Crippen LogP contribution in [-0.2, 0) is 7.05 Å². The number of aromatic nitrogens is 1. The monoisotopic (exact) mass is 353 g/mol. The molecule has 3 aromatic rings. The SMILES string of the molecule is Cc1cccc2c(/C=C3\Sc4ccc(Cl)cc4N3C)cc[n+](C)c12. The second kappa shape index (κ2) is 5.83. The second-order valence-corrected chi connectivity index (χ2v) is 7.61. The van der Waals surface area contributed by atoms with Crippen molar-refractivity contribution in [3.8, 4) is 0 Å². The Bertz CT molecular complexity index is 986. The lowest BCUT2D eigenvalue weighted by molar-refractivity contribution is -0.645. The third-order valence-corrected chi connectivity index (χ3v) is 5.89. The Morgan fingerprint density at radius 2 is 2.00 bits per heavy atom. The minimum Gasteiger partial charge on any atom is -0.338 e. The third-order valence-electron chi connectivity index (χ3n) is 4.49. The number of aryl methyl sites for hydroxylation is 2. The smallest absolute Gasteiger partial charge is 0.215 e. The van der Waals surface area contributed by atoms with E-state index in [1.165, 1.54) is 37.6 Å². The lowest BCUT2D eigenvalue weighted by Crippen LogP contribution is -2.29. The van der Waals surface area contributed by atoms with Gasteiger partial charge in [0.25, 0.3) is 0 Å². The van der Waals surface area contributed by atoms with Crippen LogP contribution >= 0.6 is 23.4 Å². The van der Waals surface area contributed by atoms with Gasteiger partial charge in [0.2, 0.25) is 5.52 Å². The lowest BCUT2D eigenvalue weighted by atomic mass is 10.1. The molecule has 0 radical (unpaired) electrons. The summed E-state index contributed by atoms with van der Waals surface area (Å²) in [6, 6.07) is 14.7. The van der Waals surface area contributed by atoms with Gasteiger partial charge >= 0.3 is 0 Å². The van der Waals surface area contributed by atoms with Crippen molar-refractivity contribution in [2.75, 3.05) is 11.9 Å². The quantitative estimate of drug-likeness (QED) is 0.557. The summed E-state index contributed by atoms with van der Waals surface area (Å²) in [5.41, 5.74) is 4.97. The van der Waals surface area contributed by atoms with E-state index < -0.39 is 0 Å².